The van der Waals surface area contributed by atoms with Gasteiger partial charge in [0.25, 0.3) is 5.91 Å². The van der Waals surface area contributed by atoms with Gasteiger partial charge in [0, 0.05) is 16.6 Å². The molecule has 1 heterocycles. The average molecular weight is 480 g/mol. The monoisotopic (exact) mass is 479 g/mol. The van der Waals surface area contributed by atoms with Gasteiger partial charge < -0.3 is 5.32 Å². The number of hydrogen-bond acceptors (Lipinski definition) is 2. The molecule has 0 saturated heterocycles. The number of carbonyl (C=O) groups excluding carboxylic acids is 1. The van der Waals surface area contributed by atoms with Gasteiger partial charge in [-0.1, -0.05) is 68.3 Å². The summed E-state index contributed by atoms with van der Waals surface area (Å²) in [5.41, 5.74) is 3.99. The lowest BCUT2D eigenvalue weighted by Gasteiger charge is -2.42. The van der Waals surface area contributed by atoms with E-state index in [1.807, 2.05) is 38.1 Å². The number of nitrogens with zero attached hydrogens (tertiary/aromatic N) is 2. The number of aromatic nitrogens is 2. The van der Waals surface area contributed by atoms with Crippen LogP contribution in [-0.2, 0) is 6.50 Å². The lowest BCUT2D eigenvalue weighted by atomic mass is 9.68. The van der Waals surface area contributed by atoms with E-state index in [-0.39, 0.29) is 28.5 Å². The lowest BCUT2D eigenvalue weighted by molar-refractivity contribution is 0.0732. The van der Waals surface area contributed by atoms with Gasteiger partial charge in [-0.15, -0.1) is 0 Å². The number of rotatable bonds is 5. The van der Waals surface area contributed by atoms with Gasteiger partial charge in [0.05, 0.1) is 14.9 Å². The topological polar surface area (TPSA) is 46.9 Å². The second-order valence-electron chi connectivity index (χ2n) is 11.1. The average Bonchev–Trinajstić information content (AvgIpc) is 3.49. The normalized spacial score (nSPS) is 26.3. The summed E-state index contributed by atoms with van der Waals surface area (Å²) < 4.78 is 19.4. The Morgan fingerprint density at radius 2 is 1.91 bits per heavy atom. The van der Waals surface area contributed by atoms with Gasteiger partial charge in [0.15, 0.2) is 5.69 Å². The van der Waals surface area contributed by atoms with Crippen LogP contribution in [-0.4, -0.2) is 21.7 Å². The number of aryl methyl sites for hydroxylation is 2. The number of benzene rings is 2. The lowest BCUT2D eigenvalue weighted by Crippen LogP contribution is -2.52. The predicted molar refractivity (Wildman–Crippen MR) is 138 cm³/mol. The molecule has 2 fully saturated rings. The molecule has 178 valence electrons. The molecule has 3 atom stereocenters. The van der Waals surface area contributed by atoms with Crippen molar-refractivity contribution >= 4 is 17.5 Å². The molecule has 5 rings (SSSR count). The van der Waals surface area contributed by atoms with E-state index >= 15 is 0 Å². The van der Waals surface area contributed by atoms with Crippen LogP contribution < -0.4 is 5.32 Å². The fourth-order valence-corrected chi connectivity index (χ4v) is 6.32. The van der Waals surface area contributed by atoms with Crippen molar-refractivity contribution in [1.82, 2.24) is 15.1 Å². The Bertz CT molecular complexity index is 1330. The standard InChI is InChI=1S/C29H34ClN3O/c1-18-6-8-20(9-7-18)17-33-25(21-10-11-23(30)19(2)14-21)15-24(32-33)26(34)31-27-28(3,4)22-12-13-29(27,5)16-22/h6-11,14-15,22,27H,12-13,16-17H2,1-5H3,(H,31,34)/t22-,27-,29+/m1/s1/i17T2. The van der Waals surface area contributed by atoms with E-state index in [4.69, 9.17) is 14.3 Å². The maximum Gasteiger partial charge on any atom is 0.272 e. The highest BCUT2D eigenvalue weighted by Crippen LogP contribution is 2.62. The summed E-state index contributed by atoms with van der Waals surface area (Å²) in [6.45, 7) is 8.70. The number of carbonyl (C=O) groups is 1. The van der Waals surface area contributed by atoms with Crippen molar-refractivity contribution in [3.8, 4) is 11.3 Å². The SMILES string of the molecule is [3H]C([3H])(c1ccc(C)cc1)n1nc(C(=O)N[C@@H]2C(C)(C)[C@@H]3CC[C@@]2(C)C3)cc1-c1ccc(Cl)c(C)c1. The molecule has 0 radical (unpaired) electrons. The van der Waals surface area contributed by atoms with Crippen LogP contribution in [0.3, 0.4) is 0 Å². The number of hydrogen-bond donors (Lipinski definition) is 1. The minimum Gasteiger partial charge on any atom is -0.347 e. The summed E-state index contributed by atoms with van der Waals surface area (Å²) in [6.07, 6.45) is 3.46. The zero-order valence-electron chi connectivity index (χ0n) is 22.6. The maximum absolute atomic E-state index is 13.6. The van der Waals surface area contributed by atoms with Crippen molar-refractivity contribution in [2.45, 2.75) is 66.4 Å². The molecular formula is C29H34ClN3O. The van der Waals surface area contributed by atoms with E-state index in [2.05, 4.69) is 31.2 Å². The van der Waals surface area contributed by atoms with E-state index < -0.39 is 6.50 Å². The first-order valence-corrected chi connectivity index (χ1v) is 12.5. The number of fused-ring (bicyclic) bond motifs is 2. The molecule has 34 heavy (non-hydrogen) atoms. The predicted octanol–water partition coefficient (Wildman–Crippen LogP) is 6.81. The maximum atomic E-state index is 13.6. The molecule has 2 bridgehead atoms. The summed E-state index contributed by atoms with van der Waals surface area (Å²) in [7, 11) is 0. The molecule has 2 aromatic carbocycles. The van der Waals surface area contributed by atoms with Crippen LogP contribution in [0.25, 0.3) is 11.3 Å². The molecule has 0 aliphatic heterocycles. The van der Waals surface area contributed by atoms with Crippen LogP contribution in [0.1, 0.15) is 70.0 Å². The molecule has 0 unspecified atom stereocenters. The van der Waals surface area contributed by atoms with Gasteiger partial charge in [0.1, 0.15) is 0 Å². The van der Waals surface area contributed by atoms with Crippen LogP contribution in [0.2, 0.25) is 5.02 Å². The smallest absolute Gasteiger partial charge is 0.272 e. The van der Waals surface area contributed by atoms with Gasteiger partial charge in [-0.25, -0.2) is 0 Å². The van der Waals surface area contributed by atoms with Crippen LogP contribution in [0.4, 0.5) is 0 Å². The largest absolute Gasteiger partial charge is 0.347 e. The summed E-state index contributed by atoms with van der Waals surface area (Å²) in [4.78, 5) is 13.6. The van der Waals surface area contributed by atoms with Crippen LogP contribution in [0, 0.1) is 30.6 Å². The highest BCUT2D eigenvalue weighted by Gasteiger charge is 2.59. The third kappa shape index (κ3) is 3.96. The van der Waals surface area contributed by atoms with Crippen molar-refractivity contribution in [1.29, 1.82) is 0 Å². The summed E-state index contributed by atoms with van der Waals surface area (Å²) >= 11 is 6.27. The van der Waals surface area contributed by atoms with Crippen molar-refractivity contribution in [2.75, 3.05) is 0 Å². The zero-order chi connectivity index (χ0) is 26.0. The summed E-state index contributed by atoms with van der Waals surface area (Å²) in [6, 6.07) is 14.6. The summed E-state index contributed by atoms with van der Waals surface area (Å²) in [5.74, 6) is 0.348. The Kier molecular flexibility index (Phi) is 5.05. The second kappa shape index (κ2) is 8.27. The van der Waals surface area contributed by atoms with Crippen molar-refractivity contribution < 1.29 is 7.54 Å². The molecule has 1 amide bonds. The Hall–Kier alpha value is -2.59. The van der Waals surface area contributed by atoms with Crippen LogP contribution >= 0.6 is 11.6 Å². The second-order valence-corrected chi connectivity index (χ2v) is 11.5. The molecule has 1 aromatic heterocycles. The van der Waals surface area contributed by atoms with Crippen LogP contribution in [0.5, 0.6) is 0 Å². The number of amides is 1. The molecular weight excluding hydrogens is 442 g/mol. The molecule has 2 saturated carbocycles. The Balaban J connectivity index is 1.56. The quantitative estimate of drug-likeness (QED) is 0.436. The molecule has 5 heteroatoms. The van der Waals surface area contributed by atoms with E-state index in [1.165, 1.54) is 11.1 Å². The number of nitrogens with one attached hydrogen (secondary N) is 1. The molecule has 2 aliphatic carbocycles. The van der Waals surface area contributed by atoms with Gasteiger partial charge in [-0.2, -0.15) is 5.10 Å². The number of halogens is 1. The fraction of sp³-hybridized carbons (Fsp3) is 0.448. The van der Waals surface area contributed by atoms with Gasteiger partial charge in [-0.05, 0) is 79.2 Å². The van der Waals surface area contributed by atoms with Crippen molar-refractivity contribution in [2.24, 2.45) is 16.7 Å². The fourth-order valence-electron chi connectivity index (χ4n) is 6.20. The van der Waals surface area contributed by atoms with E-state index in [0.717, 1.165) is 29.5 Å². The van der Waals surface area contributed by atoms with Gasteiger partial charge >= 0.3 is 0 Å². The molecule has 2 aliphatic rings. The van der Waals surface area contributed by atoms with E-state index in [1.54, 1.807) is 24.3 Å². The third-order valence-corrected chi connectivity index (χ3v) is 8.65. The molecule has 4 nitrogen and oxygen atoms in total. The molecule has 1 N–H and O–H groups in total. The first-order valence-electron chi connectivity index (χ1n) is 13.1. The zero-order valence-corrected chi connectivity index (χ0v) is 21.3. The van der Waals surface area contributed by atoms with E-state index in [0.29, 0.717) is 22.2 Å². The summed E-state index contributed by atoms with van der Waals surface area (Å²) in [5, 5.41) is 8.53. The first-order chi connectivity index (χ1) is 16.8. The van der Waals surface area contributed by atoms with Crippen molar-refractivity contribution in [3.63, 3.8) is 0 Å². The minimum atomic E-state index is -1.97. The van der Waals surface area contributed by atoms with E-state index in [9.17, 15) is 4.79 Å². The molecule has 3 aromatic rings. The minimum absolute atomic E-state index is 0.0118. The Morgan fingerprint density at radius 3 is 2.56 bits per heavy atom. The van der Waals surface area contributed by atoms with Crippen LogP contribution in [0.15, 0.2) is 48.5 Å². The van der Waals surface area contributed by atoms with Gasteiger partial charge in [-0.3, -0.25) is 9.48 Å². The Labute approximate surface area is 210 Å². The first kappa shape index (κ1) is 20.8. The highest BCUT2D eigenvalue weighted by molar-refractivity contribution is 6.31. The van der Waals surface area contributed by atoms with Gasteiger partial charge in [0.2, 0.25) is 0 Å². The van der Waals surface area contributed by atoms with Crippen molar-refractivity contribution in [3.05, 3.63) is 75.9 Å². The third-order valence-electron chi connectivity index (χ3n) is 8.23. The Morgan fingerprint density at radius 1 is 1.18 bits per heavy atom. The highest BCUT2D eigenvalue weighted by atomic mass is 35.5. The molecule has 0 spiro atoms.